The lowest BCUT2D eigenvalue weighted by atomic mass is 9.75. The maximum Gasteiger partial charge on any atom is 0.307 e. The molecule has 0 radical (unpaired) electrons. The van der Waals surface area contributed by atoms with Gasteiger partial charge in [0.25, 0.3) is 0 Å². The number of hydrogen-bond acceptors (Lipinski definition) is 2. The zero-order chi connectivity index (χ0) is 22.7. The van der Waals surface area contributed by atoms with Gasteiger partial charge in [0.1, 0.15) is 12.4 Å². The fourth-order valence-electron chi connectivity index (χ4n) is 5.22. The molecule has 0 bridgehead atoms. The number of rotatable bonds is 7. The first-order valence-electron chi connectivity index (χ1n) is 11.6. The normalized spacial score (nSPS) is 16.3. The van der Waals surface area contributed by atoms with Crippen molar-refractivity contribution in [2.45, 2.75) is 59.0 Å². The molecule has 1 aliphatic carbocycles. The monoisotopic (exact) mass is 428 g/mol. The molecule has 1 aliphatic rings. The van der Waals surface area contributed by atoms with Crippen LogP contribution in [0.2, 0.25) is 0 Å². The summed E-state index contributed by atoms with van der Waals surface area (Å²) in [4.78, 5) is 11.7. The Morgan fingerprint density at radius 2 is 1.81 bits per heavy atom. The molecular weight excluding hydrogens is 396 g/mol. The minimum atomic E-state index is -0.686. The van der Waals surface area contributed by atoms with E-state index in [-0.39, 0.29) is 11.8 Å². The van der Waals surface area contributed by atoms with Crippen molar-refractivity contribution in [3.8, 4) is 16.9 Å². The number of benzene rings is 3. The highest BCUT2D eigenvalue weighted by atomic mass is 16.5. The molecule has 3 aromatic carbocycles. The third-order valence-electron chi connectivity index (χ3n) is 6.82. The van der Waals surface area contributed by atoms with Gasteiger partial charge in [-0.05, 0) is 103 Å². The number of carboxylic acid groups (broad SMARTS) is 1. The molecule has 0 heterocycles. The number of fused-ring (bicyclic) bond motifs is 1. The molecule has 166 valence electrons. The fourth-order valence-corrected chi connectivity index (χ4v) is 5.22. The number of aryl methyl sites for hydroxylation is 3. The largest absolute Gasteiger partial charge is 0.489 e. The predicted molar refractivity (Wildman–Crippen MR) is 129 cm³/mol. The van der Waals surface area contributed by atoms with Gasteiger partial charge in [-0.3, -0.25) is 4.79 Å². The SMILES string of the molecule is CCC(C(=O)O)C1CCCc2cc(OCc3cccc(-c4c(C)cccc4C)c3)ccc21. The van der Waals surface area contributed by atoms with E-state index in [0.29, 0.717) is 13.0 Å². The lowest BCUT2D eigenvalue weighted by Crippen LogP contribution is -2.24. The van der Waals surface area contributed by atoms with Gasteiger partial charge in [-0.2, -0.15) is 0 Å². The maximum atomic E-state index is 11.7. The molecule has 4 rings (SSSR count). The van der Waals surface area contributed by atoms with Crippen molar-refractivity contribution >= 4 is 5.97 Å². The summed E-state index contributed by atoms with van der Waals surface area (Å²) in [5.74, 6) is -0.0440. The second kappa shape index (κ2) is 9.60. The Kier molecular flexibility index (Phi) is 6.64. The zero-order valence-electron chi connectivity index (χ0n) is 19.2. The molecule has 2 unspecified atom stereocenters. The molecule has 3 nitrogen and oxygen atoms in total. The summed E-state index contributed by atoms with van der Waals surface area (Å²) in [5, 5.41) is 9.63. The molecule has 0 spiro atoms. The second-order valence-electron chi connectivity index (χ2n) is 8.97. The van der Waals surface area contributed by atoms with E-state index in [0.717, 1.165) is 30.6 Å². The van der Waals surface area contributed by atoms with Crippen molar-refractivity contribution < 1.29 is 14.6 Å². The van der Waals surface area contributed by atoms with Gasteiger partial charge in [-0.25, -0.2) is 0 Å². The molecule has 1 N–H and O–H groups in total. The number of hydrogen-bond donors (Lipinski definition) is 1. The van der Waals surface area contributed by atoms with E-state index >= 15 is 0 Å². The van der Waals surface area contributed by atoms with Gasteiger partial charge < -0.3 is 9.84 Å². The molecule has 0 aliphatic heterocycles. The van der Waals surface area contributed by atoms with Gasteiger partial charge in [-0.1, -0.05) is 49.4 Å². The van der Waals surface area contributed by atoms with E-state index in [4.69, 9.17) is 4.74 Å². The minimum Gasteiger partial charge on any atom is -0.489 e. The highest BCUT2D eigenvalue weighted by Crippen LogP contribution is 2.40. The van der Waals surface area contributed by atoms with E-state index in [1.54, 1.807) is 0 Å². The Hall–Kier alpha value is -3.07. The maximum absolute atomic E-state index is 11.7. The van der Waals surface area contributed by atoms with E-state index in [9.17, 15) is 9.90 Å². The summed E-state index contributed by atoms with van der Waals surface area (Å²) in [6, 6.07) is 21.2. The Morgan fingerprint density at radius 3 is 2.53 bits per heavy atom. The van der Waals surface area contributed by atoms with Crippen molar-refractivity contribution in [3.63, 3.8) is 0 Å². The Balaban J connectivity index is 1.51. The van der Waals surface area contributed by atoms with Crippen molar-refractivity contribution in [2.24, 2.45) is 5.92 Å². The summed E-state index contributed by atoms with van der Waals surface area (Å²) in [5.41, 5.74) is 8.63. The van der Waals surface area contributed by atoms with Gasteiger partial charge in [0.15, 0.2) is 0 Å². The summed E-state index contributed by atoms with van der Waals surface area (Å²) in [6.45, 7) is 6.78. The number of carbonyl (C=O) groups is 1. The molecule has 3 heteroatoms. The van der Waals surface area contributed by atoms with Crippen molar-refractivity contribution in [1.82, 2.24) is 0 Å². The van der Waals surface area contributed by atoms with Crippen LogP contribution in [0.3, 0.4) is 0 Å². The highest BCUT2D eigenvalue weighted by molar-refractivity contribution is 5.72. The third kappa shape index (κ3) is 4.57. The lowest BCUT2D eigenvalue weighted by Gasteiger charge is -2.30. The van der Waals surface area contributed by atoms with Crippen LogP contribution in [0.25, 0.3) is 11.1 Å². The molecule has 0 amide bonds. The van der Waals surface area contributed by atoms with Crippen molar-refractivity contribution in [3.05, 3.63) is 88.5 Å². The first kappa shape index (κ1) is 22.1. The predicted octanol–water partition coefficient (Wildman–Crippen LogP) is 7.08. The van der Waals surface area contributed by atoms with Crippen LogP contribution in [0.5, 0.6) is 5.75 Å². The van der Waals surface area contributed by atoms with Crippen LogP contribution >= 0.6 is 0 Å². The molecular formula is C29H32O3. The highest BCUT2D eigenvalue weighted by Gasteiger charge is 2.31. The summed E-state index contributed by atoms with van der Waals surface area (Å²) in [6.07, 6.45) is 3.63. The molecule has 3 aromatic rings. The summed E-state index contributed by atoms with van der Waals surface area (Å²) >= 11 is 0. The van der Waals surface area contributed by atoms with Crippen LogP contribution in [-0.4, -0.2) is 11.1 Å². The van der Waals surface area contributed by atoms with E-state index in [1.807, 2.05) is 13.0 Å². The van der Waals surface area contributed by atoms with Crippen LogP contribution < -0.4 is 4.74 Å². The topological polar surface area (TPSA) is 46.5 Å². The van der Waals surface area contributed by atoms with Crippen LogP contribution in [-0.2, 0) is 17.8 Å². The van der Waals surface area contributed by atoms with Gasteiger partial charge in [0, 0.05) is 0 Å². The third-order valence-corrected chi connectivity index (χ3v) is 6.82. The fraction of sp³-hybridized carbons (Fsp3) is 0.345. The van der Waals surface area contributed by atoms with Crippen LogP contribution in [0, 0.1) is 19.8 Å². The molecule has 2 atom stereocenters. The molecule has 0 aromatic heterocycles. The lowest BCUT2D eigenvalue weighted by molar-refractivity contribution is -0.142. The smallest absolute Gasteiger partial charge is 0.307 e. The van der Waals surface area contributed by atoms with E-state index in [1.165, 1.54) is 33.4 Å². The molecule has 0 saturated carbocycles. The Bertz CT molecular complexity index is 1090. The summed E-state index contributed by atoms with van der Waals surface area (Å²) in [7, 11) is 0. The standard InChI is InChI=1S/C29H32O3/c1-4-25(29(30)31)27-13-7-11-22-17-24(14-15-26(22)27)32-18-21-10-6-12-23(16-21)28-19(2)8-5-9-20(28)3/h5-6,8-10,12,14-17,25,27H,4,7,11,13,18H2,1-3H3,(H,30,31). The van der Waals surface area contributed by atoms with Crippen molar-refractivity contribution in [2.75, 3.05) is 0 Å². The summed E-state index contributed by atoms with van der Waals surface area (Å²) < 4.78 is 6.16. The van der Waals surface area contributed by atoms with E-state index < -0.39 is 5.97 Å². The van der Waals surface area contributed by atoms with Gasteiger partial charge >= 0.3 is 5.97 Å². The van der Waals surface area contributed by atoms with Crippen LogP contribution in [0.4, 0.5) is 0 Å². The average molecular weight is 429 g/mol. The van der Waals surface area contributed by atoms with Crippen molar-refractivity contribution in [1.29, 1.82) is 0 Å². The molecule has 32 heavy (non-hydrogen) atoms. The second-order valence-corrected chi connectivity index (χ2v) is 8.97. The average Bonchev–Trinajstić information content (AvgIpc) is 2.78. The number of ether oxygens (including phenoxy) is 1. The first-order valence-corrected chi connectivity index (χ1v) is 11.6. The van der Waals surface area contributed by atoms with Gasteiger partial charge in [0.05, 0.1) is 5.92 Å². The number of carboxylic acids is 1. The van der Waals surface area contributed by atoms with Crippen LogP contribution in [0.1, 0.15) is 59.9 Å². The van der Waals surface area contributed by atoms with Gasteiger partial charge in [-0.15, -0.1) is 0 Å². The van der Waals surface area contributed by atoms with Crippen LogP contribution in [0.15, 0.2) is 60.7 Å². The minimum absolute atomic E-state index is 0.101. The first-order chi connectivity index (χ1) is 15.5. The molecule has 0 saturated heterocycles. The van der Waals surface area contributed by atoms with E-state index in [2.05, 4.69) is 68.4 Å². The zero-order valence-corrected chi connectivity index (χ0v) is 19.2. The Labute approximate surface area is 191 Å². The quantitative estimate of drug-likeness (QED) is 0.437. The van der Waals surface area contributed by atoms with Gasteiger partial charge in [0.2, 0.25) is 0 Å². The Morgan fingerprint density at radius 1 is 1.06 bits per heavy atom. The number of aliphatic carboxylic acids is 1. The molecule has 0 fully saturated rings.